The lowest BCUT2D eigenvalue weighted by Gasteiger charge is -2.12. The molecule has 0 spiro atoms. The molecule has 0 aromatic carbocycles. The topological polar surface area (TPSA) is 50.4 Å². The van der Waals surface area contributed by atoms with Gasteiger partial charge in [0.25, 0.3) is 0 Å². The van der Waals surface area contributed by atoms with E-state index in [0.717, 1.165) is 32.4 Å². The van der Waals surface area contributed by atoms with E-state index >= 15 is 0 Å². The van der Waals surface area contributed by atoms with Crippen LogP contribution in [0.2, 0.25) is 0 Å². The quantitative estimate of drug-likeness (QED) is 0.563. The van der Waals surface area contributed by atoms with E-state index < -0.39 is 0 Å². The van der Waals surface area contributed by atoms with Gasteiger partial charge in [-0.05, 0) is 19.8 Å². The fourth-order valence-corrected chi connectivity index (χ4v) is 1.13. The Morgan fingerprint density at radius 2 is 2.20 bits per heavy atom. The highest BCUT2D eigenvalue weighted by atomic mass is 16.5. The number of methoxy groups -OCH3 is 1. The fraction of sp³-hybridized carbons (Fsp3) is 0.909. The second-order valence-corrected chi connectivity index (χ2v) is 3.77. The van der Waals surface area contributed by atoms with E-state index in [-0.39, 0.29) is 5.91 Å². The highest BCUT2D eigenvalue weighted by Crippen LogP contribution is 1.89. The summed E-state index contributed by atoms with van der Waals surface area (Å²) in [5.41, 5.74) is 0. The molecule has 1 amide bonds. The van der Waals surface area contributed by atoms with Crippen molar-refractivity contribution in [3.63, 3.8) is 0 Å². The Kier molecular flexibility index (Phi) is 9.52. The Balaban J connectivity index is 3.36. The summed E-state index contributed by atoms with van der Waals surface area (Å²) >= 11 is 0. The molecule has 4 heteroatoms. The molecule has 90 valence electrons. The highest BCUT2D eigenvalue weighted by Gasteiger charge is 2.04. The molecule has 15 heavy (non-hydrogen) atoms. The van der Waals surface area contributed by atoms with Gasteiger partial charge in [0, 0.05) is 26.3 Å². The summed E-state index contributed by atoms with van der Waals surface area (Å²) in [7, 11) is 1.68. The predicted octanol–water partition coefficient (Wildman–Crippen LogP) is 0.917. The van der Waals surface area contributed by atoms with Crippen LogP contribution in [0.25, 0.3) is 0 Å². The second kappa shape index (κ2) is 9.93. The molecule has 0 heterocycles. The normalized spacial score (nSPS) is 12.5. The van der Waals surface area contributed by atoms with Crippen molar-refractivity contribution in [2.24, 2.45) is 0 Å². The number of unbranched alkanes of at least 4 members (excludes halogenated alkanes) is 1. The molecule has 0 rings (SSSR count). The first-order chi connectivity index (χ1) is 7.20. The van der Waals surface area contributed by atoms with E-state index in [1.54, 1.807) is 7.11 Å². The molecular weight excluding hydrogens is 192 g/mol. The number of ether oxygens (including phenoxy) is 1. The zero-order chi connectivity index (χ0) is 11.5. The summed E-state index contributed by atoms with van der Waals surface area (Å²) in [5.74, 6) is 0.0766. The minimum atomic E-state index is 0.0766. The van der Waals surface area contributed by atoms with Crippen molar-refractivity contribution in [1.29, 1.82) is 0 Å². The lowest BCUT2D eigenvalue weighted by Crippen LogP contribution is -2.38. The molecule has 0 aromatic heterocycles. The third-order valence-electron chi connectivity index (χ3n) is 2.22. The Hall–Kier alpha value is -0.610. The number of amides is 1. The van der Waals surface area contributed by atoms with E-state index in [1.165, 1.54) is 0 Å². The van der Waals surface area contributed by atoms with Crippen molar-refractivity contribution in [1.82, 2.24) is 10.6 Å². The Morgan fingerprint density at radius 1 is 1.47 bits per heavy atom. The van der Waals surface area contributed by atoms with Crippen molar-refractivity contribution in [3.8, 4) is 0 Å². The summed E-state index contributed by atoms with van der Waals surface area (Å²) in [5, 5.41) is 6.01. The first-order valence-corrected chi connectivity index (χ1v) is 5.69. The summed E-state index contributed by atoms with van der Waals surface area (Å²) in [6.45, 7) is 6.07. The zero-order valence-electron chi connectivity index (χ0n) is 10.1. The van der Waals surface area contributed by atoms with Gasteiger partial charge in [-0.3, -0.25) is 4.79 Å². The Morgan fingerprint density at radius 3 is 2.80 bits per heavy atom. The van der Waals surface area contributed by atoms with Gasteiger partial charge >= 0.3 is 0 Å². The molecule has 0 aromatic rings. The molecule has 4 nitrogen and oxygen atoms in total. The molecule has 0 aliphatic heterocycles. The van der Waals surface area contributed by atoms with E-state index in [0.29, 0.717) is 12.6 Å². The minimum absolute atomic E-state index is 0.0766. The molecule has 0 bridgehead atoms. The van der Waals surface area contributed by atoms with Crippen LogP contribution in [-0.2, 0) is 9.53 Å². The van der Waals surface area contributed by atoms with Gasteiger partial charge in [-0.2, -0.15) is 0 Å². The molecule has 0 radical (unpaired) electrons. The van der Waals surface area contributed by atoms with Gasteiger partial charge in [0.1, 0.15) is 0 Å². The van der Waals surface area contributed by atoms with E-state index in [2.05, 4.69) is 24.5 Å². The SMILES string of the molecule is CCCCNC(=O)CNC(C)CCOC. The minimum Gasteiger partial charge on any atom is -0.385 e. The monoisotopic (exact) mass is 216 g/mol. The maximum Gasteiger partial charge on any atom is 0.233 e. The number of carbonyl (C=O) groups excluding carboxylic acids is 1. The molecule has 0 aliphatic rings. The van der Waals surface area contributed by atoms with E-state index in [4.69, 9.17) is 4.74 Å². The number of nitrogens with one attached hydrogen (secondary N) is 2. The summed E-state index contributed by atoms with van der Waals surface area (Å²) in [4.78, 5) is 11.3. The van der Waals surface area contributed by atoms with Crippen LogP contribution < -0.4 is 10.6 Å². The van der Waals surface area contributed by atoms with Crippen LogP contribution in [0.5, 0.6) is 0 Å². The molecule has 0 saturated carbocycles. The van der Waals surface area contributed by atoms with Crippen LogP contribution in [0.4, 0.5) is 0 Å². The first kappa shape index (κ1) is 14.4. The average molecular weight is 216 g/mol. The molecule has 0 saturated heterocycles. The second-order valence-electron chi connectivity index (χ2n) is 3.77. The molecule has 1 unspecified atom stereocenters. The lowest BCUT2D eigenvalue weighted by molar-refractivity contribution is -0.120. The standard InChI is InChI=1S/C11H24N2O2/c1-4-5-7-12-11(14)9-13-10(2)6-8-15-3/h10,13H,4-9H2,1-3H3,(H,12,14). The summed E-state index contributed by atoms with van der Waals surface area (Å²) in [6, 6.07) is 0.321. The molecule has 0 aliphatic carbocycles. The van der Waals surface area contributed by atoms with Gasteiger partial charge in [0.2, 0.25) is 5.91 Å². The largest absolute Gasteiger partial charge is 0.385 e. The number of carbonyl (C=O) groups is 1. The van der Waals surface area contributed by atoms with Crippen LogP contribution >= 0.6 is 0 Å². The summed E-state index contributed by atoms with van der Waals surface area (Å²) < 4.78 is 4.96. The van der Waals surface area contributed by atoms with Gasteiger partial charge in [-0.25, -0.2) is 0 Å². The maximum atomic E-state index is 11.3. The van der Waals surface area contributed by atoms with Crippen molar-refractivity contribution >= 4 is 5.91 Å². The van der Waals surface area contributed by atoms with Crippen molar-refractivity contribution < 1.29 is 9.53 Å². The van der Waals surface area contributed by atoms with Crippen LogP contribution in [-0.4, -0.2) is 38.8 Å². The molecule has 0 fully saturated rings. The molecular formula is C11H24N2O2. The van der Waals surface area contributed by atoms with Crippen molar-refractivity contribution in [2.45, 2.75) is 39.2 Å². The smallest absolute Gasteiger partial charge is 0.233 e. The average Bonchev–Trinajstić information content (AvgIpc) is 2.24. The van der Waals surface area contributed by atoms with Gasteiger partial charge in [0.05, 0.1) is 6.54 Å². The van der Waals surface area contributed by atoms with Gasteiger partial charge < -0.3 is 15.4 Å². The fourth-order valence-electron chi connectivity index (χ4n) is 1.13. The summed E-state index contributed by atoms with van der Waals surface area (Å²) in [6.07, 6.45) is 3.08. The molecule has 1 atom stereocenters. The Bertz CT molecular complexity index is 163. The van der Waals surface area contributed by atoms with Crippen LogP contribution in [0.1, 0.15) is 33.1 Å². The van der Waals surface area contributed by atoms with E-state index in [1.807, 2.05) is 0 Å². The lowest BCUT2D eigenvalue weighted by atomic mass is 10.2. The zero-order valence-corrected chi connectivity index (χ0v) is 10.1. The van der Waals surface area contributed by atoms with Crippen molar-refractivity contribution in [2.75, 3.05) is 26.8 Å². The third kappa shape index (κ3) is 9.69. The third-order valence-corrected chi connectivity index (χ3v) is 2.22. The number of hydrogen-bond acceptors (Lipinski definition) is 3. The van der Waals surface area contributed by atoms with Gasteiger partial charge in [-0.1, -0.05) is 13.3 Å². The maximum absolute atomic E-state index is 11.3. The first-order valence-electron chi connectivity index (χ1n) is 5.69. The van der Waals surface area contributed by atoms with Crippen LogP contribution in [0.3, 0.4) is 0 Å². The molecule has 2 N–H and O–H groups in total. The number of rotatable bonds is 9. The highest BCUT2D eigenvalue weighted by molar-refractivity contribution is 5.77. The van der Waals surface area contributed by atoms with Gasteiger partial charge in [0.15, 0.2) is 0 Å². The van der Waals surface area contributed by atoms with Crippen LogP contribution in [0, 0.1) is 0 Å². The van der Waals surface area contributed by atoms with Crippen molar-refractivity contribution in [3.05, 3.63) is 0 Å². The predicted molar refractivity (Wildman–Crippen MR) is 61.9 cm³/mol. The van der Waals surface area contributed by atoms with E-state index in [9.17, 15) is 4.79 Å². The van der Waals surface area contributed by atoms with Crippen LogP contribution in [0.15, 0.2) is 0 Å². The van der Waals surface area contributed by atoms with Gasteiger partial charge in [-0.15, -0.1) is 0 Å². The Labute approximate surface area is 92.8 Å². The number of hydrogen-bond donors (Lipinski definition) is 2.